The van der Waals surface area contributed by atoms with Gasteiger partial charge >= 0.3 is 0 Å². The number of nitrogens with one attached hydrogen (secondary N) is 1. The Hall–Kier alpha value is -1.27. The van der Waals surface area contributed by atoms with E-state index in [1.807, 2.05) is 38.1 Å². The van der Waals surface area contributed by atoms with Gasteiger partial charge in [-0.3, -0.25) is 4.79 Å². The molecule has 1 N–H and O–H groups in total. The van der Waals surface area contributed by atoms with Crippen LogP contribution < -0.4 is 5.32 Å². The maximum Gasteiger partial charge on any atom is 0.231 e. The summed E-state index contributed by atoms with van der Waals surface area (Å²) < 4.78 is 1.59. The molecule has 0 fully saturated rings. The molecule has 1 heterocycles. The largest absolute Gasteiger partial charge is 0.337 e. The van der Waals surface area contributed by atoms with E-state index in [1.165, 1.54) is 23.1 Å². The third-order valence-electron chi connectivity index (χ3n) is 3.78. The maximum absolute atomic E-state index is 12.1. The molecule has 0 aliphatic heterocycles. The van der Waals surface area contributed by atoms with Crippen molar-refractivity contribution in [3.05, 3.63) is 34.9 Å². The van der Waals surface area contributed by atoms with Gasteiger partial charge in [0.15, 0.2) is 8.68 Å². The Morgan fingerprint density at radius 2 is 1.92 bits per heavy atom. The Balaban J connectivity index is 1.82. The van der Waals surface area contributed by atoms with Gasteiger partial charge in [-0.25, -0.2) is 0 Å². The monoisotopic (exact) mass is 426 g/mol. The van der Waals surface area contributed by atoms with E-state index in [4.69, 9.17) is 11.6 Å². The maximum atomic E-state index is 12.1. The van der Waals surface area contributed by atoms with Gasteiger partial charge in [0.05, 0.1) is 11.8 Å². The van der Waals surface area contributed by atoms with Crippen molar-refractivity contribution in [2.45, 2.75) is 40.7 Å². The minimum absolute atomic E-state index is 0.0267. The number of nitrogens with zero attached hydrogens (tertiary/aromatic N) is 3. The van der Waals surface area contributed by atoms with Crippen molar-refractivity contribution in [3.8, 4) is 6.07 Å². The molecule has 0 bridgehead atoms. The molecule has 1 aromatic heterocycles. The minimum atomic E-state index is -0.863. The molecule has 0 aliphatic rings. The Kier molecular flexibility index (Phi) is 7.77. The van der Waals surface area contributed by atoms with Crippen molar-refractivity contribution < 1.29 is 4.79 Å². The van der Waals surface area contributed by atoms with Crippen molar-refractivity contribution in [3.63, 3.8) is 0 Å². The fraction of sp³-hybridized carbons (Fsp3) is 0.412. The standard InChI is InChI=1S/C17H19ClN4OS3/c1-11(2)17(3,10-19)20-14(23)9-25-16-22-21-15(26-16)24-8-12-4-6-13(18)7-5-12/h4-7,11H,8-9H2,1-3H3,(H,20,23)/t17-/m1/s1. The topological polar surface area (TPSA) is 78.7 Å². The molecule has 0 spiro atoms. The lowest BCUT2D eigenvalue weighted by atomic mass is 9.90. The summed E-state index contributed by atoms with van der Waals surface area (Å²) in [7, 11) is 0. The number of carbonyl (C=O) groups is 1. The number of hydrogen-bond donors (Lipinski definition) is 1. The first-order chi connectivity index (χ1) is 12.3. The molecule has 0 saturated heterocycles. The molecule has 1 aromatic carbocycles. The van der Waals surface area contributed by atoms with E-state index in [9.17, 15) is 10.1 Å². The van der Waals surface area contributed by atoms with E-state index in [0.29, 0.717) is 0 Å². The third kappa shape index (κ3) is 6.16. The number of nitriles is 1. The number of benzene rings is 1. The van der Waals surface area contributed by atoms with E-state index in [2.05, 4.69) is 21.6 Å². The van der Waals surface area contributed by atoms with Gasteiger partial charge < -0.3 is 5.32 Å². The number of hydrogen-bond acceptors (Lipinski definition) is 7. The number of rotatable bonds is 8. The molecule has 1 amide bonds. The highest BCUT2D eigenvalue weighted by atomic mass is 35.5. The normalized spacial score (nSPS) is 13.2. The summed E-state index contributed by atoms with van der Waals surface area (Å²) in [5, 5.41) is 21.0. The quantitative estimate of drug-likeness (QED) is 0.620. The summed E-state index contributed by atoms with van der Waals surface area (Å²) in [6, 6.07) is 9.86. The lowest BCUT2D eigenvalue weighted by Gasteiger charge is -2.27. The van der Waals surface area contributed by atoms with E-state index >= 15 is 0 Å². The van der Waals surface area contributed by atoms with Crippen LogP contribution in [0.4, 0.5) is 0 Å². The van der Waals surface area contributed by atoms with Crippen LogP contribution in [-0.4, -0.2) is 27.4 Å². The van der Waals surface area contributed by atoms with E-state index in [-0.39, 0.29) is 17.6 Å². The molecule has 1 atom stereocenters. The average molecular weight is 427 g/mol. The Labute approximate surface area is 170 Å². The molecule has 138 valence electrons. The summed E-state index contributed by atoms with van der Waals surface area (Å²) >= 11 is 10.3. The number of aromatic nitrogens is 2. The summed E-state index contributed by atoms with van der Waals surface area (Å²) in [5.41, 5.74) is 0.297. The van der Waals surface area contributed by atoms with Crippen LogP contribution in [0.25, 0.3) is 0 Å². The first-order valence-corrected chi connectivity index (χ1v) is 11.0. The highest BCUT2D eigenvalue weighted by molar-refractivity contribution is 8.03. The fourth-order valence-electron chi connectivity index (χ4n) is 1.79. The van der Waals surface area contributed by atoms with Crippen LogP contribution in [0.3, 0.4) is 0 Å². The van der Waals surface area contributed by atoms with Crippen LogP contribution in [0.2, 0.25) is 5.02 Å². The molecule has 0 saturated carbocycles. The van der Waals surface area contributed by atoms with Gasteiger partial charge in [0.1, 0.15) is 5.54 Å². The zero-order valence-corrected chi connectivity index (χ0v) is 17.9. The summed E-state index contributed by atoms with van der Waals surface area (Å²) in [4.78, 5) is 12.1. The Morgan fingerprint density at radius 3 is 2.50 bits per heavy atom. The highest BCUT2D eigenvalue weighted by Gasteiger charge is 2.29. The summed E-state index contributed by atoms with van der Waals surface area (Å²) in [6.45, 7) is 5.55. The van der Waals surface area contributed by atoms with Crippen LogP contribution in [0.5, 0.6) is 0 Å². The molecule has 26 heavy (non-hydrogen) atoms. The van der Waals surface area contributed by atoms with Crippen molar-refractivity contribution in [1.82, 2.24) is 15.5 Å². The van der Waals surface area contributed by atoms with E-state index < -0.39 is 5.54 Å². The molecule has 9 heteroatoms. The highest BCUT2D eigenvalue weighted by Crippen LogP contribution is 2.31. The number of halogens is 1. The molecule has 0 aliphatic carbocycles. The van der Waals surface area contributed by atoms with Crippen molar-refractivity contribution in [2.24, 2.45) is 5.92 Å². The van der Waals surface area contributed by atoms with Crippen LogP contribution in [0.1, 0.15) is 26.3 Å². The smallest absolute Gasteiger partial charge is 0.231 e. The van der Waals surface area contributed by atoms with Gasteiger partial charge in [0.2, 0.25) is 5.91 Å². The number of carbonyl (C=O) groups excluding carboxylic acids is 1. The Bertz CT molecular complexity index is 788. The first-order valence-electron chi connectivity index (χ1n) is 7.88. The van der Waals surface area contributed by atoms with Gasteiger partial charge in [-0.2, -0.15) is 5.26 Å². The van der Waals surface area contributed by atoms with Gasteiger partial charge in [0, 0.05) is 10.8 Å². The first kappa shape index (κ1) is 21.0. The Morgan fingerprint density at radius 1 is 1.31 bits per heavy atom. The zero-order chi connectivity index (χ0) is 19.2. The van der Waals surface area contributed by atoms with Crippen LogP contribution in [0.15, 0.2) is 32.9 Å². The second-order valence-corrected chi connectivity index (χ2v) is 9.91. The second-order valence-electron chi connectivity index (χ2n) is 6.05. The second kappa shape index (κ2) is 9.60. The third-order valence-corrected chi connectivity index (χ3v) is 7.29. The van der Waals surface area contributed by atoms with Crippen LogP contribution in [-0.2, 0) is 10.5 Å². The lowest BCUT2D eigenvalue weighted by molar-refractivity contribution is -0.120. The molecule has 5 nitrogen and oxygen atoms in total. The molecule has 0 radical (unpaired) electrons. The van der Waals surface area contributed by atoms with Gasteiger partial charge in [-0.15, -0.1) is 10.2 Å². The van der Waals surface area contributed by atoms with E-state index in [0.717, 1.165) is 25.0 Å². The summed E-state index contributed by atoms with van der Waals surface area (Å²) in [5.74, 6) is 0.837. The molecule has 2 rings (SSSR count). The SMILES string of the molecule is CC(C)[C@@](C)(C#N)NC(=O)CSc1nnc(SCc2ccc(Cl)cc2)s1. The van der Waals surface area contributed by atoms with Crippen molar-refractivity contribution in [1.29, 1.82) is 5.26 Å². The van der Waals surface area contributed by atoms with Crippen LogP contribution >= 0.6 is 46.5 Å². The molecular weight excluding hydrogens is 408 g/mol. The van der Waals surface area contributed by atoms with Crippen molar-refractivity contribution >= 4 is 52.4 Å². The molecular formula is C17H19ClN4OS3. The summed E-state index contributed by atoms with van der Waals surface area (Å²) in [6.07, 6.45) is 0. The predicted octanol–water partition coefficient (Wildman–Crippen LogP) is 4.63. The lowest BCUT2D eigenvalue weighted by Crippen LogP contribution is -2.49. The van der Waals surface area contributed by atoms with Gasteiger partial charge in [-0.1, -0.05) is 72.4 Å². The van der Waals surface area contributed by atoms with Gasteiger partial charge in [0.25, 0.3) is 0 Å². The number of amides is 1. The number of thioether (sulfide) groups is 2. The van der Waals surface area contributed by atoms with E-state index in [1.54, 1.807) is 18.7 Å². The van der Waals surface area contributed by atoms with Gasteiger partial charge in [-0.05, 0) is 30.5 Å². The zero-order valence-electron chi connectivity index (χ0n) is 14.7. The average Bonchev–Trinajstić information content (AvgIpc) is 3.07. The molecule has 2 aromatic rings. The minimum Gasteiger partial charge on any atom is -0.337 e. The predicted molar refractivity (Wildman–Crippen MR) is 109 cm³/mol. The van der Waals surface area contributed by atoms with Crippen LogP contribution in [0, 0.1) is 17.2 Å². The van der Waals surface area contributed by atoms with Crippen molar-refractivity contribution in [2.75, 3.05) is 5.75 Å². The fourth-order valence-corrected chi connectivity index (χ4v) is 4.70. The molecule has 0 unspecified atom stereocenters.